The average molecular weight is 428 g/mol. The predicted octanol–water partition coefficient (Wildman–Crippen LogP) is 4.68. The number of aromatic hydroxyl groups is 1. The van der Waals surface area contributed by atoms with Crippen LogP contribution in [0.25, 0.3) is 11.3 Å². The first-order valence-electron chi connectivity index (χ1n) is 10.3. The zero-order valence-electron chi connectivity index (χ0n) is 17.6. The first-order chi connectivity index (χ1) is 15.5. The highest BCUT2D eigenvalue weighted by Gasteiger charge is 2.43. The topological polar surface area (TPSA) is 82.1 Å². The Bertz CT molecular complexity index is 1310. The van der Waals surface area contributed by atoms with Crippen molar-refractivity contribution in [3.05, 3.63) is 100 Å². The summed E-state index contributed by atoms with van der Waals surface area (Å²) in [6, 6.07) is 13.0. The van der Waals surface area contributed by atoms with Gasteiger partial charge in [-0.25, -0.2) is 4.39 Å². The van der Waals surface area contributed by atoms with Gasteiger partial charge >= 0.3 is 0 Å². The number of rotatable bonds is 4. The van der Waals surface area contributed by atoms with E-state index in [1.54, 1.807) is 47.6 Å². The fourth-order valence-electron chi connectivity index (χ4n) is 4.51. The summed E-state index contributed by atoms with van der Waals surface area (Å²) < 4.78 is 15.0. The quantitative estimate of drug-likeness (QED) is 0.495. The first-order valence-corrected chi connectivity index (χ1v) is 10.3. The second-order valence-corrected chi connectivity index (χ2v) is 8.06. The van der Waals surface area contributed by atoms with Crippen molar-refractivity contribution in [1.82, 2.24) is 20.1 Å². The lowest BCUT2D eigenvalue weighted by atomic mass is 9.93. The van der Waals surface area contributed by atoms with Crippen molar-refractivity contribution in [1.29, 1.82) is 0 Å². The number of H-pyrrole nitrogens is 1. The fourth-order valence-corrected chi connectivity index (χ4v) is 4.51. The van der Waals surface area contributed by atoms with Crippen LogP contribution < -0.4 is 0 Å². The van der Waals surface area contributed by atoms with Crippen LogP contribution in [0, 0.1) is 19.7 Å². The molecule has 160 valence electrons. The lowest BCUT2D eigenvalue weighted by molar-refractivity contribution is 0.0728. The number of pyridine rings is 1. The number of carbonyl (C=O) groups excluding carboxylic acids is 1. The maximum atomic E-state index is 15.0. The number of hydrogen-bond acceptors (Lipinski definition) is 4. The molecule has 32 heavy (non-hydrogen) atoms. The maximum absolute atomic E-state index is 15.0. The third-order valence-corrected chi connectivity index (χ3v) is 5.84. The molecule has 1 aliphatic rings. The predicted molar refractivity (Wildman–Crippen MR) is 118 cm³/mol. The molecule has 1 atom stereocenters. The smallest absolute Gasteiger partial charge is 0.273 e. The van der Waals surface area contributed by atoms with Crippen molar-refractivity contribution in [3.63, 3.8) is 0 Å². The zero-order chi connectivity index (χ0) is 22.4. The number of aromatic amines is 1. The molecule has 3 heterocycles. The first kappa shape index (κ1) is 19.9. The van der Waals surface area contributed by atoms with Gasteiger partial charge in [0.1, 0.15) is 23.0 Å². The Labute approximate surface area is 184 Å². The number of nitrogens with zero attached hydrogens (tertiary/aromatic N) is 3. The Morgan fingerprint density at radius 3 is 2.69 bits per heavy atom. The maximum Gasteiger partial charge on any atom is 0.273 e. The minimum atomic E-state index is -0.701. The molecule has 4 aromatic rings. The van der Waals surface area contributed by atoms with Crippen LogP contribution in [0.15, 0.2) is 60.9 Å². The highest BCUT2D eigenvalue weighted by Crippen LogP contribution is 2.46. The summed E-state index contributed by atoms with van der Waals surface area (Å²) in [6.45, 7) is 4.03. The molecular weight excluding hydrogens is 407 g/mol. The Hall–Kier alpha value is -4.00. The van der Waals surface area contributed by atoms with Gasteiger partial charge in [-0.15, -0.1) is 0 Å². The van der Waals surface area contributed by atoms with Gasteiger partial charge in [-0.3, -0.25) is 14.9 Å². The second-order valence-electron chi connectivity index (χ2n) is 8.06. The van der Waals surface area contributed by atoms with Crippen LogP contribution in [0.1, 0.15) is 44.3 Å². The summed E-state index contributed by atoms with van der Waals surface area (Å²) in [7, 11) is 0. The molecule has 0 aliphatic carbocycles. The number of phenolic OH excluding ortho intramolecular Hbond substituents is 1. The number of nitrogens with one attached hydrogen (secondary N) is 1. The van der Waals surface area contributed by atoms with Gasteiger partial charge in [0.15, 0.2) is 0 Å². The van der Waals surface area contributed by atoms with Crippen molar-refractivity contribution >= 4 is 5.91 Å². The molecule has 6 nitrogen and oxygen atoms in total. The summed E-state index contributed by atoms with van der Waals surface area (Å²) in [5.74, 6) is -0.617. The molecule has 0 saturated carbocycles. The highest BCUT2D eigenvalue weighted by molar-refractivity contribution is 6.00. The van der Waals surface area contributed by atoms with E-state index in [1.165, 1.54) is 6.07 Å². The van der Waals surface area contributed by atoms with Crippen LogP contribution >= 0.6 is 0 Å². The number of amides is 1. The Balaban J connectivity index is 1.72. The molecule has 0 saturated heterocycles. The SMILES string of the molecule is Cc1cc(C)c(-c2n[nH]c3c2C(c2ccccc2F)N(Cc2cccnc2)C3=O)c(O)c1. The summed E-state index contributed by atoms with van der Waals surface area (Å²) >= 11 is 0. The lowest BCUT2D eigenvalue weighted by Crippen LogP contribution is -2.29. The Kier molecular flexibility index (Phi) is 4.74. The Morgan fingerprint density at radius 1 is 1.16 bits per heavy atom. The second kappa shape index (κ2) is 7.60. The molecule has 1 amide bonds. The third kappa shape index (κ3) is 3.13. The number of aromatic nitrogens is 3. The molecule has 2 aromatic heterocycles. The lowest BCUT2D eigenvalue weighted by Gasteiger charge is -2.27. The number of aryl methyl sites for hydroxylation is 2. The molecule has 2 aromatic carbocycles. The molecule has 0 spiro atoms. The van der Waals surface area contributed by atoms with Crippen molar-refractivity contribution in [2.75, 3.05) is 0 Å². The van der Waals surface area contributed by atoms with Crippen LogP contribution in [0.3, 0.4) is 0 Å². The van der Waals surface area contributed by atoms with Crippen LogP contribution in [-0.2, 0) is 6.54 Å². The van der Waals surface area contributed by atoms with Gasteiger partial charge in [-0.2, -0.15) is 5.10 Å². The van der Waals surface area contributed by atoms with Gasteiger partial charge in [0.2, 0.25) is 0 Å². The van der Waals surface area contributed by atoms with E-state index in [0.717, 1.165) is 16.7 Å². The van der Waals surface area contributed by atoms with E-state index in [1.807, 2.05) is 26.0 Å². The number of hydrogen-bond donors (Lipinski definition) is 2. The number of carbonyl (C=O) groups is 1. The minimum Gasteiger partial charge on any atom is -0.507 e. The molecule has 2 N–H and O–H groups in total. The fraction of sp³-hybridized carbons (Fsp3) is 0.160. The van der Waals surface area contributed by atoms with Crippen molar-refractivity contribution < 1.29 is 14.3 Å². The molecule has 1 unspecified atom stereocenters. The number of fused-ring (bicyclic) bond motifs is 1. The van der Waals surface area contributed by atoms with E-state index in [4.69, 9.17) is 0 Å². The van der Waals surface area contributed by atoms with Gasteiger partial charge in [-0.1, -0.05) is 30.3 Å². The Morgan fingerprint density at radius 2 is 1.97 bits per heavy atom. The third-order valence-electron chi connectivity index (χ3n) is 5.84. The van der Waals surface area contributed by atoms with Crippen molar-refractivity contribution in [3.8, 4) is 17.0 Å². The molecular formula is C25H21FN4O2. The summed E-state index contributed by atoms with van der Waals surface area (Å²) in [5, 5.41) is 18.0. The zero-order valence-corrected chi connectivity index (χ0v) is 17.6. The average Bonchev–Trinajstić information content (AvgIpc) is 3.29. The summed E-state index contributed by atoms with van der Waals surface area (Å²) in [6.07, 6.45) is 3.35. The van der Waals surface area contributed by atoms with Crippen LogP contribution in [0.4, 0.5) is 4.39 Å². The minimum absolute atomic E-state index is 0.0715. The van der Waals surface area contributed by atoms with Crippen LogP contribution in [0.5, 0.6) is 5.75 Å². The summed E-state index contributed by atoms with van der Waals surface area (Å²) in [4.78, 5) is 19.2. The van der Waals surface area contributed by atoms with Gasteiger partial charge in [0, 0.05) is 35.6 Å². The molecule has 0 fully saturated rings. The van der Waals surface area contributed by atoms with E-state index in [-0.39, 0.29) is 18.2 Å². The van der Waals surface area contributed by atoms with Crippen LogP contribution in [-0.4, -0.2) is 31.1 Å². The van der Waals surface area contributed by atoms with E-state index >= 15 is 0 Å². The monoisotopic (exact) mass is 428 g/mol. The molecule has 0 radical (unpaired) electrons. The standard InChI is InChI=1S/C25H21FN4O2/c1-14-10-15(2)20(19(31)11-14)22-21-23(29-28-22)25(32)30(13-16-6-5-9-27-12-16)24(21)17-7-3-4-8-18(17)26/h3-12,24,31H,13H2,1-2H3,(H,28,29). The number of halogens is 1. The van der Waals surface area contributed by atoms with Crippen molar-refractivity contribution in [2.24, 2.45) is 0 Å². The van der Waals surface area contributed by atoms with Crippen LogP contribution in [0.2, 0.25) is 0 Å². The normalized spacial score (nSPS) is 15.3. The van der Waals surface area contributed by atoms with Crippen molar-refractivity contribution in [2.45, 2.75) is 26.4 Å². The molecule has 5 rings (SSSR count). The van der Waals surface area contributed by atoms with Gasteiger partial charge in [-0.05, 0) is 48.7 Å². The highest BCUT2D eigenvalue weighted by atomic mass is 19.1. The number of phenols is 1. The van der Waals surface area contributed by atoms with Gasteiger partial charge in [0.25, 0.3) is 5.91 Å². The molecule has 7 heteroatoms. The van der Waals surface area contributed by atoms with E-state index in [9.17, 15) is 14.3 Å². The number of benzene rings is 2. The largest absolute Gasteiger partial charge is 0.507 e. The van der Waals surface area contributed by atoms with E-state index < -0.39 is 11.9 Å². The molecule has 0 bridgehead atoms. The van der Waals surface area contributed by atoms with E-state index in [2.05, 4.69) is 15.2 Å². The van der Waals surface area contributed by atoms with E-state index in [0.29, 0.717) is 28.1 Å². The van der Waals surface area contributed by atoms with Gasteiger partial charge < -0.3 is 10.0 Å². The molecule has 1 aliphatic heterocycles. The van der Waals surface area contributed by atoms with Gasteiger partial charge in [0.05, 0.1) is 6.04 Å². The summed E-state index contributed by atoms with van der Waals surface area (Å²) in [5.41, 5.74) is 4.78.